The van der Waals surface area contributed by atoms with Gasteiger partial charge in [0.1, 0.15) is 12.6 Å². The van der Waals surface area contributed by atoms with Crippen molar-refractivity contribution in [3.8, 4) is 0 Å². The van der Waals surface area contributed by atoms with Gasteiger partial charge in [0, 0.05) is 18.7 Å². The Morgan fingerprint density at radius 3 is 2.50 bits per heavy atom. The zero-order valence-corrected chi connectivity index (χ0v) is 26.1. The Hall–Kier alpha value is -4.50. The monoisotopic (exact) mass is 625 g/mol. The van der Waals surface area contributed by atoms with Crippen molar-refractivity contribution in [1.29, 1.82) is 0 Å². The molecule has 2 aliphatic heterocycles. The maximum Gasteiger partial charge on any atom is 0.309 e. The zero-order chi connectivity index (χ0) is 32.3. The summed E-state index contributed by atoms with van der Waals surface area (Å²) in [5.41, 5.74) is 1.57. The second-order valence-electron chi connectivity index (χ2n) is 12.2. The van der Waals surface area contributed by atoms with E-state index in [4.69, 9.17) is 4.74 Å². The van der Waals surface area contributed by atoms with Crippen LogP contribution in [0, 0.1) is 11.8 Å². The van der Waals surface area contributed by atoms with Crippen LogP contribution >= 0.6 is 0 Å². The summed E-state index contributed by atoms with van der Waals surface area (Å²) in [7, 11) is 0. The lowest BCUT2D eigenvalue weighted by atomic mass is 9.93. The average Bonchev–Trinajstić information content (AvgIpc) is 3.56. The molecule has 5 rings (SSSR count). The van der Waals surface area contributed by atoms with Gasteiger partial charge in [0.15, 0.2) is 0 Å². The standard InChI is InChI=1S/C37H43N3O6/c41-24-32-17-10-20-40(32)34(42)23-29-15-6-1-2-7-16-30(21-26-11-4-3-5-12-26)37(45)46-25-33(39-35(29)43)36(44)38-31-19-18-27-13-8-9-14-28(27)22-31/h1,3-6,8-9,11-14,18-19,22,29-30,32-33,41H,2,7,10,15-17,20-21,23-25H2,(H,38,44)(H,39,43). The summed E-state index contributed by atoms with van der Waals surface area (Å²) in [6.07, 6.45) is 8.29. The topological polar surface area (TPSA) is 125 Å². The molecule has 0 bridgehead atoms. The van der Waals surface area contributed by atoms with Crippen LogP contribution in [0.3, 0.4) is 0 Å². The quantitative estimate of drug-likeness (QED) is 0.256. The number of allylic oxidation sites excluding steroid dienone is 2. The van der Waals surface area contributed by atoms with Gasteiger partial charge in [0.2, 0.25) is 11.8 Å². The molecule has 0 spiro atoms. The highest BCUT2D eigenvalue weighted by Crippen LogP contribution is 2.23. The molecular weight excluding hydrogens is 582 g/mol. The molecule has 3 aromatic rings. The molecule has 4 atom stereocenters. The van der Waals surface area contributed by atoms with Gasteiger partial charge in [0.05, 0.1) is 24.5 Å². The number of amides is 3. The summed E-state index contributed by atoms with van der Waals surface area (Å²) in [5.74, 6) is -2.74. The first-order valence-corrected chi connectivity index (χ1v) is 16.3. The third-order valence-electron chi connectivity index (χ3n) is 8.91. The van der Waals surface area contributed by atoms with Gasteiger partial charge in [-0.1, -0.05) is 72.8 Å². The molecule has 242 valence electrons. The summed E-state index contributed by atoms with van der Waals surface area (Å²) in [5, 5.41) is 17.4. The number of carbonyl (C=O) groups is 4. The maximum atomic E-state index is 13.7. The van der Waals surface area contributed by atoms with Crippen LogP contribution in [0.1, 0.15) is 50.5 Å². The largest absolute Gasteiger partial charge is 0.463 e. The lowest BCUT2D eigenvalue weighted by molar-refractivity contribution is -0.151. The highest BCUT2D eigenvalue weighted by atomic mass is 16.5. The van der Waals surface area contributed by atoms with Crippen LogP contribution < -0.4 is 10.6 Å². The predicted molar refractivity (Wildman–Crippen MR) is 177 cm³/mol. The molecule has 1 fully saturated rings. The van der Waals surface area contributed by atoms with E-state index in [9.17, 15) is 24.3 Å². The Labute approximate surface area is 270 Å². The molecule has 9 nitrogen and oxygen atoms in total. The van der Waals surface area contributed by atoms with Gasteiger partial charge < -0.3 is 25.4 Å². The zero-order valence-electron chi connectivity index (χ0n) is 26.1. The molecule has 3 aromatic carbocycles. The number of nitrogens with one attached hydrogen (secondary N) is 2. The van der Waals surface area contributed by atoms with Gasteiger partial charge in [-0.15, -0.1) is 0 Å². The Balaban J connectivity index is 1.36. The summed E-state index contributed by atoms with van der Waals surface area (Å²) in [6, 6.07) is 21.6. The number of hydrogen-bond donors (Lipinski definition) is 3. The van der Waals surface area contributed by atoms with E-state index in [1.165, 1.54) is 0 Å². The summed E-state index contributed by atoms with van der Waals surface area (Å²) in [4.78, 5) is 55.7. The van der Waals surface area contributed by atoms with E-state index in [0.29, 0.717) is 31.5 Å². The fraction of sp³-hybridized carbons (Fsp3) is 0.405. The highest BCUT2D eigenvalue weighted by molar-refractivity contribution is 5.99. The molecule has 3 amide bonds. The summed E-state index contributed by atoms with van der Waals surface area (Å²) in [6.45, 7) is 0.0891. The summed E-state index contributed by atoms with van der Waals surface area (Å²) < 4.78 is 5.75. The number of cyclic esters (lactones) is 1. The Morgan fingerprint density at radius 1 is 0.913 bits per heavy atom. The van der Waals surface area contributed by atoms with E-state index in [2.05, 4.69) is 10.6 Å². The molecule has 0 aromatic heterocycles. The highest BCUT2D eigenvalue weighted by Gasteiger charge is 2.33. The van der Waals surface area contributed by atoms with Crippen molar-refractivity contribution in [3.05, 3.63) is 90.5 Å². The summed E-state index contributed by atoms with van der Waals surface area (Å²) >= 11 is 0. The molecule has 9 heteroatoms. The third kappa shape index (κ3) is 8.81. The number of rotatable bonds is 7. The van der Waals surface area contributed by atoms with E-state index in [0.717, 1.165) is 42.0 Å². The van der Waals surface area contributed by atoms with Crippen LogP contribution in [0.2, 0.25) is 0 Å². The number of nitrogens with zero attached hydrogens (tertiary/aromatic N) is 1. The van der Waals surface area contributed by atoms with E-state index >= 15 is 0 Å². The number of aliphatic hydroxyl groups is 1. The van der Waals surface area contributed by atoms with Crippen molar-refractivity contribution in [2.75, 3.05) is 25.1 Å². The Morgan fingerprint density at radius 2 is 1.70 bits per heavy atom. The molecule has 2 aliphatic rings. The molecular formula is C37H43N3O6. The van der Waals surface area contributed by atoms with E-state index in [1.807, 2.05) is 78.9 Å². The van der Waals surface area contributed by atoms with E-state index in [-0.39, 0.29) is 31.6 Å². The van der Waals surface area contributed by atoms with Crippen LogP contribution in [0.15, 0.2) is 84.9 Å². The SMILES string of the molecule is O=C1NC(C(=O)Nc2ccc3ccccc3c2)COC(=O)C(Cc2ccccc2)CCCC=CCC1CC(=O)N1CCCC1CO. The number of carbonyl (C=O) groups excluding carboxylic acids is 4. The molecule has 0 saturated carbocycles. The normalized spacial score (nSPS) is 22.9. The molecule has 2 heterocycles. The lowest BCUT2D eigenvalue weighted by Gasteiger charge is -2.26. The fourth-order valence-electron chi connectivity index (χ4n) is 6.28. The fourth-order valence-corrected chi connectivity index (χ4v) is 6.28. The first kappa shape index (κ1) is 32.9. The van der Waals surface area contributed by atoms with Gasteiger partial charge in [0.25, 0.3) is 5.91 Å². The second kappa shape index (κ2) is 16.2. The number of likely N-dealkylation sites (tertiary alicyclic amines) is 1. The minimum Gasteiger partial charge on any atom is -0.463 e. The molecule has 1 saturated heterocycles. The van der Waals surface area contributed by atoms with Crippen molar-refractivity contribution in [2.45, 2.75) is 63.5 Å². The Kier molecular flexibility index (Phi) is 11.6. The van der Waals surface area contributed by atoms with E-state index in [1.54, 1.807) is 11.0 Å². The number of benzene rings is 3. The lowest BCUT2D eigenvalue weighted by Crippen LogP contribution is -2.50. The van der Waals surface area contributed by atoms with Crippen molar-refractivity contribution in [2.24, 2.45) is 11.8 Å². The van der Waals surface area contributed by atoms with Crippen LogP contribution in [-0.4, -0.2) is 65.5 Å². The molecule has 46 heavy (non-hydrogen) atoms. The first-order chi connectivity index (χ1) is 22.4. The number of esters is 1. The third-order valence-corrected chi connectivity index (χ3v) is 8.91. The Bertz CT molecular complexity index is 1540. The number of anilines is 1. The smallest absolute Gasteiger partial charge is 0.309 e. The predicted octanol–water partition coefficient (Wildman–Crippen LogP) is 4.79. The van der Waals surface area contributed by atoms with Crippen molar-refractivity contribution < 1.29 is 29.0 Å². The van der Waals surface area contributed by atoms with Gasteiger partial charge in [-0.25, -0.2) is 0 Å². The maximum absolute atomic E-state index is 13.7. The minimum absolute atomic E-state index is 0.0510. The van der Waals surface area contributed by atoms with Gasteiger partial charge in [-0.2, -0.15) is 0 Å². The molecule has 3 N–H and O–H groups in total. The number of aliphatic hydroxyl groups excluding tert-OH is 1. The van der Waals surface area contributed by atoms with Crippen LogP contribution in [-0.2, 0) is 30.3 Å². The average molecular weight is 626 g/mol. The molecule has 0 radical (unpaired) electrons. The van der Waals surface area contributed by atoms with Crippen LogP contribution in [0.25, 0.3) is 10.8 Å². The van der Waals surface area contributed by atoms with Crippen molar-refractivity contribution >= 4 is 40.2 Å². The van der Waals surface area contributed by atoms with Crippen molar-refractivity contribution in [1.82, 2.24) is 10.2 Å². The van der Waals surface area contributed by atoms with Gasteiger partial charge >= 0.3 is 5.97 Å². The number of hydrogen-bond acceptors (Lipinski definition) is 6. The van der Waals surface area contributed by atoms with Gasteiger partial charge in [-0.05, 0) is 73.4 Å². The van der Waals surface area contributed by atoms with Gasteiger partial charge in [-0.3, -0.25) is 19.2 Å². The van der Waals surface area contributed by atoms with E-state index < -0.39 is 35.7 Å². The number of fused-ring (bicyclic) bond motifs is 1. The minimum atomic E-state index is -1.18. The van der Waals surface area contributed by atoms with Crippen LogP contribution in [0.5, 0.6) is 0 Å². The van der Waals surface area contributed by atoms with Crippen LogP contribution in [0.4, 0.5) is 5.69 Å². The second-order valence-corrected chi connectivity index (χ2v) is 12.2. The first-order valence-electron chi connectivity index (χ1n) is 16.3. The number of ether oxygens (including phenoxy) is 1. The van der Waals surface area contributed by atoms with Crippen molar-refractivity contribution in [3.63, 3.8) is 0 Å². The molecule has 0 aliphatic carbocycles. The molecule has 4 unspecified atom stereocenters.